The van der Waals surface area contributed by atoms with E-state index in [0.29, 0.717) is 16.5 Å². The maximum absolute atomic E-state index is 12.9. The molecule has 1 aromatic carbocycles. The third-order valence-corrected chi connectivity index (χ3v) is 4.67. The Morgan fingerprint density at radius 2 is 2.08 bits per heavy atom. The van der Waals surface area contributed by atoms with Crippen LogP contribution in [0.15, 0.2) is 58.4 Å². The molecule has 0 saturated carbocycles. The van der Waals surface area contributed by atoms with Gasteiger partial charge < -0.3 is 9.73 Å². The number of hydrogen-bond acceptors (Lipinski definition) is 6. The topological polar surface area (TPSA) is 80.9 Å². The quantitative estimate of drug-likeness (QED) is 0.483. The average Bonchev–Trinajstić information content (AvgIpc) is 3.19. The Kier molecular flexibility index (Phi) is 6.32. The van der Waals surface area contributed by atoms with Crippen LogP contribution in [-0.2, 0) is 13.0 Å². The second kappa shape index (κ2) is 9.10. The molecule has 3 aromatic rings. The maximum atomic E-state index is 12.9. The number of pyridine rings is 1. The number of nitrogens with one attached hydrogen (secondary N) is 1. The minimum atomic E-state index is -0.239. The van der Waals surface area contributed by atoms with Gasteiger partial charge in [-0.1, -0.05) is 12.1 Å². The molecule has 8 heteroatoms. The van der Waals surface area contributed by atoms with E-state index in [9.17, 15) is 9.18 Å². The van der Waals surface area contributed by atoms with Gasteiger partial charge >= 0.3 is 0 Å². The van der Waals surface area contributed by atoms with Crippen molar-refractivity contribution < 1.29 is 13.6 Å². The molecule has 0 spiro atoms. The summed E-state index contributed by atoms with van der Waals surface area (Å²) in [6.07, 6.45) is 4.62. The summed E-state index contributed by atoms with van der Waals surface area (Å²) in [6.45, 7) is 0.169. The van der Waals surface area contributed by atoms with Crippen molar-refractivity contribution >= 4 is 17.7 Å². The standard InChI is InChI=1S/C18H17FN4O2S/c19-14-7-5-13(6-8-14)3-2-10-26-18-15(4-1-9-20-18)17(24)21-11-16-23-22-12-25-16/h1,4-9,12H,2-3,10-11H2,(H,21,24). The smallest absolute Gasteiger partial charge is 0.254 e. The van der Waals surface area contributed by atoms with Gasteiger partial charge in [0.2, 0.25) is 12.3 Å². The normalized spacial score (nSPS) is 10.7. The number of amides is 1. The lowest BCUT2D eigenvalue weighted by atomic mass is 10.1. The number of thioether (sulfide) groups is 1. The molecule has 0 aliphatic rings. The fraction of sp³-hybridized carbons (Fsp3) is 0.222. The zero-order chi connectivity index (χ0) is 18.2. The predicted molar refractivity (Wildman–Crippen MR) is 95.2 cm³/mol. The molecular weight excluding hydrogens is 355 g/mol. The van der Waals surface area contributed by atoms with Crippen molar-refractivity contribution in [1.82, 2.24) is 20.5 Å². The summed E-state index contributed by atoms with van der Waals surface area (Å²) in [5, 5.41) is 10.7. The molecule has 0 saturated heterocycles. The van der Waals surface area contributed by atoms with E-state index >= 15 is 0 Å². The van der Waals surface area contributed by atoms with Gasteiger partial charge in [-0.25, -0.2) is 9.37 Å². The lowest BCUT2D eigenvalue weighted by Gasteiger charge is -2.08. The number of nitrogens with zero attached hydrogens (tertiary/aromatic N) is 3. The highest BCUT2D eigenvalue weighted by atomic mass is 32.2. The van der Waals surface area contributed by atoms with Crippen molar-refractivity contribution in [3.63, 3.8) is 0 Å². The van der Waals surface area contributed by atoms with Crippen LogP contribution in [0.1, 0.15) is 28.2 Å². The first-order valence-corrected chi connectivity index (χ1v) is 9.06. The summed E-state index contributed by atoms with van der Waals surface area (Å²) >= 11 is 1.52. The Balaban J connectivity index is 1.51. The first-order valence-electron chi connectivity index (χ1n) is 8.08. The molecule has 3 rings (SSSR count). The molecule has 1 N–H and O–H groups in total. The summed E-state index contributed by atoms with van der Waals surface area (Å²) in [5.41, 5.74) is 1.60. The van der Waals surface area contributed by atoms with Crippen LogP contribution in [0.25, 0.3) is 0 Å². The van der Waals surface area contributed by atoms with Crippen molar-refractivity contribution in [3.8, 4) is 0 Å². The van der Waals surface area contributed by atoms with E-state index < -0.39 is 0 Å². The van der Waals surface area contributed by atoms with Gasteiger partial charge in [-0.3, -0.25) is 4.79 Å². The summed E-state index contributed by atoms with van der Waals surface area (Å²) in [4.78, 5) is 16.7. The Labute approximate surface area is 154 Å². The molecule has 134 valence electrons. The van der Waals surface area contributed by atoms with E-state index in [0.717, 1.165) is 24.2 Å². The van der Waals surface area contributed by atoms with Crippen LogP contribution in [0.5, 0.6) is 0 Å². The molecule has 0 unspecified atom stereocenters. The van der Waals surface area contributed by atoms with Crippen LogP contribution in [0.4, 0.5) is 4.39 Å². The molecule has 0 fully saturated rings. The van der Waals surface area contributed by atoms with Gasteiger partial charge in [0.05, 0.1) is 12.1 Å². The number of aryl methyl sites for hydroxylation is 1. The monoisotopic (exact) mass is 372 g/mol. The van der Waals surface area contributed by atoms with E-state index in [2.05, 4.69) is 20.5 Å². The van der Waals surface area contributed by atoms with Gasteiger partial charge in [0, 0.05) is 6.20 Å². The molecule has 2 heterocycles. The number of carbonyl (C=O) groups is 1. The van der Waals surface area contributed by atoms with Crippen LogP contribution in [0.3, 0.4) is 0 Å². The Bertz CT molecular complexity index is 841. The molecule has 2 aromatic heterocycles. The summed E-state index contributed by atoms with van der Waals surface area (Å²) in [7, 11) is 0. The van der Waals surface area contributed by atoms with Gasteiger partial charge in [0.15, 0.2) is 0 Å². The van der Waals surface area contributed by atoms with E-state index in [4.69, 9.17) is 4.42 Å². The minimum Gasteiger partial charge on any atom is -0.426 e. The molecule has 0 radical (unpaired) electrons. The molecule has 26 heavy (non-hydrogen) atoms. The van der Waals surface area contributed by atoms with Crippen LogP contribution in [-0.4, -0.2) is 26.8 Å². The summed E-state index contributed by atoms with van der Waals surface area (Å²) in [6, 6.07) is 9.97. The highest BCUT2D eigenvalue weighted by Gasteiger charge is 2.13. The first kappa shape index (κ1) is 18.1. The second-order valence-corrected chi connectivity index (χ2v) is 6.53. The second-order valence-electron chi connectivity index (χ2n) is 5.45. The lowest BCUT2D eigenvalue weighted by molar-refractivity contribution is 0.0943. The van der Waals surface area contributed by atoms with E-state index in [-0.39, 0.29) is 18.3 Å². The number of rotatable bonds is 8. The van der Waals surface area contributed by atoms with Gasteiger partial charge in [-0.2, -0.15) is 0 Å². The van der Waals surface area contributed by atoms with Gasteiger partial charge in [-0.15, -0.1) is 22.0 Å². The van der Waals surface area contributed by atoms with Crippen LogP contribution < -0.4 is 5.32 Å². The predicted octanol–water partition coefficient (Wildman–Crippen LogP) is 3.26. The van der Waals surface area contributed by atoms with E-state index in [1.807, 2.05) is 0 Å². The molecule has 6 nitrogen and oxygen atoms in total. The number of hydrogen-bond donors (Lipinski definition) is 1. The highest BCUT2D eigenvalue weighted by Crippen LogP contribution is 2.21. The highest BCUT2D eigenvalue weighted by molar-refractivity contribution is 7.99. The number of aromatic nitrogens is 3. The third kappa shape index (κ3) is 5.13. The van der Waals surface area contributed by atoms with Crippen molar-refractivity contribution in [3.05, 3.63) is 71.8 Å². The molecular formula is C18H17FN4O2S. The van der Waals surface area contributed by atoms with Crippen molar-refractivity contribution in [2.24, 2.45) is 0 Å². The average molecular weight is 372 g/mol. The number of halogens is 1. The van der Waals surface area contributed by atoms with E-state index in [1.54, 1.807) is 30.5 Å². The minimum absolute atomic E-state index is 0.169. The van der Waals surface area contributed by atoms with Gasteiger partial charge in [0.1, 0.15) is 10.8 Å². The fourth-order valence-electron chi connectivity index (χ4n) is 2.30. The van der Waals surface area contributed by atoms with Crippen LogP contribution >= 0.6 is 11.8 Å². The lowest BCUT2D eigenvalue weighted by Crippen LogP contribution is -2.23. The zero-order valence-corrected chi connectivity index (χ0v) is 14.7. The van der Waals surface area contributed by atoms with Crippen molar-refractivity contribution in [2.75, 3.05) is 5.75 Å². The molecule has 0 bridgehead atoms. The van der Waals surface area contributed by atoms with Crippen molar-refractivity contribution in [1.29, 1.82) is 0 Å². The Morgan fingerprint density at radius 1 is 1.23 bits per heavy atom. The summed E-state index contributed by atoms with van der Waals surface area (Å²) in [5.74, 6) is 0.680. The SMILES string of the molecule is O=C(NCc1nnco1)c1cccnc1SCCCc1ccc(F)cc1. The van der Waals surface area contributed by atoms with Crippen molar-refractivity contribution in [2.45, 2.75) is 24.4 Å². The largest absolute Gasteiger partial charge is 0.426 e. The molecule has 0 aliphatic heterocycles. The number of carbonyl (C=O) groups excluding carboxylic acids is 1. The molecule has 1 amide bonds. The van der Waals surface area contributed by atoms with Crippen LogP contribution in [0.2, 0.25) is 0 Å². The Morgan fingerprint density at radius 3 is 2.85 bits per heavy atom. The van der Waals surface area contributed by atoms with Gasteiger partial charge in [0.25, 0.3) is 5.91 Å². The summed E-state index contributed by atoms with van der Waals surface area (Å²) < 4.78 is 17.9. The number of benzene rings is 1. The zero-order valence-electron chi connectivity index (χ0n) is 13.9. The molecule has 0 aliphatic carbocycles. The third-order valence-electron chi connectivity index (χ3n) is 3.58. The first-order chi connectivity index (χ1) is 12.7. The van der Waals surface area contributed by atoms with Crippen LogP contribution in [0, 0.1) is 5.82 Å². The maximum Gasteiger partial charge on any atom is 0.254 e. The van der Waals surface area contributed by atoms with E-state index in [1.165, 1.54) is 30.3 Å². The molecule has 0 atom stereocenters. The fourth-order valence-corrected chi connectivity index (χ4v) is 3.23. The Hall–Kier alpha value is -2.74. The van der Waals surface area contributed by atoms with Gasteiger partial charge in [-0.05, 0) is 48.4 Å².